The molecule has 1 unspecified atom stereocenters. The molecule has 1 atom stereocenters. The minimum absolute atomic E-state index is 0.243. The Morgan fingerprint density at radius 2 is 1.43 bits per heavy atom. The SMILES string of the molecule is CC(C)(C)OC(=O)NCCCCCCCCCCCS(=O)(O)=S. The van der Waals surface area contributed by atoms with Crippen LogP contribution in [0.3, 0.4) is 0 Å². The number of ether oxygens (including phenoxy) is 1. The average molecular weight is 368 g/mol. The molecule has 0 aliphatic rings. The normalized spacial score (nSPS) is 14.3. The topological polar surface area (TPSA) is 75.6 Å². The Kier molecular flexibility index (Phi) is 11.8. The van der Waals surface area contributed by atoms with Crippen LogP contribution in [0, 0.1) is 0 Å². The molecule has 0 rings (SSSR count). The molecule has 7 heteroatoms. The fraction of sp³-hybridized carbons (Fsp3) is 0.938. The Balaban J connectivity index is 3.27. The van der Waals surface area contributed by atoms with Crippen molar-refractivity contribution in [1.82, 2.24) is 5.32 Å². The van der Waals surface area contributed by atoms with E-state index in [0.717, 1.165) is 32.1 Å². The molecular formula is C16H33NO4S2. The number of hydrogen-bond donors (Lipinski definition) is 2. The first kappa shape index (κ1) is 22.6. The number of nitrogens with one attached hydrogen (secondary N) is 1. The van der Waals surface area contributed by atoms with Crippen LogP contribution in [0.4, 0.5) is 4.79 Å². The van der Waals surface area contributed by atoms with Gasteiger partial charge in [0.05, 0.1) is 0 Å². The van der Waals surface area contributed by atoms with Crippen LogP contribution < -0.4 is 5.32 Å². The second-order valence-corrected chi connectivity index (χ2v) is 10.0. The van der Waals surface area contributed by atoms with Crippen LogP contribution in [0.2, 0.25) is 0 Å². The quantitative estimate of drug-likeness (QED) is 0.505. The summed E-state index contributed by atoms with van der Waals surface area (Å²) in [4.78, 5) is 11.4. The van der Waals surface area contributed by atoms with E-state index in [1.807, 2.05) is 20.8 Å². The lowest BCUT2D eigenvalue weighted by atomic mass is 10.1. The van der Waals surface area contributed by atoms with Gasteiger partial charge in [0.2, 0.25) is 0 Å². The molecule has 1 amide bonds. The van der Waals surface area contributed by atoms with Crippen LogP contribution in [0.5, 0.6) is 0 Å². The van der Waals surface area contributed by atoms with E-state index in [-0.39, 0.29) is 11.8 Å². The van der Waals surface area contributed by atoms with Gasteiger partial charge in [0.25, 0.3) is 0 Å². The van der Waals surface area contributed by atoms with Gasteiger partial charge in [-0.3, -0.25) is 0 Å². The summed E-state index contributed by atoms with van der Waals surface area (Å²) in [6.45, 7) is 6.22. The fourth-order valence-corrected chi connectivity index (χ4v) is 3.07. The van der Waals surface area contributed by atoms with Gasteiger partial charge in [0.1, 0.15) is 14.4 Å². The van der Waals surface area contributed by atoms with Gasteiger partial charge in [-0.15, -0.1) is 0 Å². The summed E-state index contributed by atoms with van der Waals surface area (Å²) >= 11 is 4.45. The third-order valence-corrected chi connectivity index (χ3v) is 4.55. The highest BCUT2D eigenvalue weighted by Crippen LogP contribution is 2.10. The number of amides is 1. The standard InChI is InChI=1S/C16H33NO4S2/c1-16(2,3)21-15(18)17-13-11-9-7-5-4-6-8-10-12-14-23(19,20)22/h4-14H2,1-3H3,(H,17,18)(H,19,20,22). The lowest BCUT2D eigenvalue weighted by Gasteiger charge is -2.19. The van der Waals surface area contributed by atoms with E-state index in [2.05, 4.69) is 16.5 Å². The maximum atomic E-state index is 11.4. The van der Waals surface area contributed by atoms with Crippen LogP contribution in [0.1, 0.15) is 78.6 Å². The first-order chi connectivity index (χ1) is 10.6. The zero-order valence-electron chi connectivity index (χ0n) is 14.8. The summed E-state index contributed by atoms with van der Waals surface area (Å²) in [6, 6.07) is 0. The van der Waals surface area contributed by atoms with Crippen molar-refractivity contribution in [2.75, 3.05) is 12.3 Å². The maximum absolute atomic E-state index is 11.4. The minimum atomic E-state index is -2.96. The molecule has 138 valence electrons. The molecule has 5 nitrogen and oxygen atoms in total. The van der Waals surface area contributed by atoms with Gasteiger partial charge in [0.15, 0.2) is 0 Å². The van der Waals surface area contributed by atoms with E-state index in [1.165, 1.54) is 25.7 Å². The second kappa shape index (κ2) is 12.0. The van der Waals surface area contributed by atoms with Crippen LogP contribution in [0.25, 0.3) is 0 Å². The molecule has 2 N–H and O–H groups in total. The van der Waals surface area contributed by atoms with Crippen molar-refractivity contribution in [2.24, 2.45) is 0 Å². The Hall–Kier alpha value is -0.400. The highest BCUT2D eigenvalue weighted by atomic mass is 32.8. The molecule has 0 aliphatic heterocycles. The predicted molar refractivity (Wildman–Crippen MR) is 98.8 cm³/mol. The van der Waals surface area contributed by atoms with Crippen LogP contribution in [-0.4, -0.2) is 32.8 Å². The van der Waals surface area contributed by atoms with Crippen molar-refractivity contribution in [3.05, 3.63) is 0 Å². The Labute approximate surface area is 146 Å². The molecule has 0 aromatic heterocycles. The Morgan fingerprint density at radius 1 is 1.00 bits per heavy atom. The van der Waals surface area contributed by atoms with E-state index >= 15 is 0 Å². The number of carbonyl (C=O) groups is 1. The zero-order chi connectivity index (χ0) is 17.8. The summed E-state index contributed by atoms with van der Waals surface area (Å²) < 4.78 is 25.0. The van der Waals surface area contributed by atoms with Crippen LogP contribution in [0.15, 0.2) is 0 Å². The molecule has 0 bridgehead atoms. The third-order valence-electron chi connectivity index (χ3n) is 3.25. The molecule has 0 aliphatic carbocycles. The lowest BCUT2D eigenvalue weighted by Crippen LogP contribution is -2.32. The molecule has 0 spiro atoms. The highest BCUT2D eigenvalue weighted by molar-refractivity contribution is 8.29. The van der Waals surface area contributed by atoms with E-state index in [9.17, 15) is 9.00 Å². The van der Waals surface area contributed by atoms with Gasteiger partial charge < -0.3 is 14.6 Å². The van der Waals surface area contributed by atoms with E-state index in [4.69, 9.17) is 9.29 Å². The first-order valence-corrected chi connectivity index (χ1v) is 11.1. The summed E-state index contributed by atoms with van der Waals surface area (Å²) in [5, 5.41) is 2.76. The van der Waals surface area contributed by atoms with Crippen molar-refractivity contribution in [3.8, 4) is 0 Å². The van der Waals surface area contributed by atoms with Gasteiger partial charge in [-0.25, -0.2) is 9.00 Å². The third kappa shape index (κ3) is 19.6. The van der Waals surface area contributed by atoms with Gasteiger partial charge in [0, 0.05) is 23.5 Å². The summed E-state index contributed by atoms with van der Waals surface area (Å²) in [5.74, 6) is 0.243. The predicted octanol–water partition coefficient (Wildman–Crippen LogP) is 4.24. The lowest BCUT2D eigenvalue weighted by molar-refractivity contribution is 0.0527. The minimum Gasteiger partial charge on any atom is -0.444 e. The summed E-state index contributed by atoms with van der Waals surface area (Å²) in [5.41, 5.74) is -0.441. The Morgan fingerprint density at radius 3 is 1.87 bits per heavy atom. The van der Waals surface area contributed by atoms with Crippen molar-refractivity contribution >= 4 is 26.1 Å². The fourth-order valence-electron chi connectivity index (χ4n) is 2.15. The molecule has 0 saturated heterocycles. The molecule has 0 radical (unpaired) electrons. The maximum Gasteiger partial charge on any atom is 0.407 e. The average Bonchev–Trinajstić information content (AvgIpc) is 2.36. The number of carbonyl (C=O) groups excluding carboxylic acids is 1. The van der Waals surface area contributed by atoms with Gasteiger partial charge >= 0.3 is 6.09 Å². The van der Waals surface area contributed by atoms with Crippen LogP contribution in [-0.2, 0) is 24.7 Å². The number of hydrogen-bond acceptors (Lipinski definition) is 4. The first-order valence-electron chi connectivity index (χ1n) is 8.52. The van der Waals surface area contributed by atoms with E-state index in [0.29, 0.717) is 6.54 Å². The van der Waals surface area contributed by atoms with E-state index in [1.54, 1.807) is 0 Å². The summed E-state index contributed by atoms with van der Waals surface area (Å²) in [6.07, 6.45) is 9.30. The smallest absolute Gasteiger partial charge is 0.407 e. The molecule has 0 fully saturated rings. The number of rotatable bonds is 12. The largest absolute Gasteiger partial charge is 0.444 e. The van der Waals surface area contributed by atoms with Crippen LogP contribution >= 0.6 is 0 Å². The van der Waals surface area contributed by atoms with Gasteiger partial charge in [-0.2, -0.15) is 0 Å². The molecular weight excluding hydrogens is 334 g/mol. The summed E-state index contributed by atoms with van der Waals surface area (Å²) in [7, 11) is -2.96. The van der Waals surface area contributed by atoms with Crippen molar-refractivity contribution in [3.63, 3.8) is 0 Å². The Bertz CT molecular complexity index is 416. The number of alkyl carbamates (subject to hydrolysis) is 1. The molecule has 0 aromatic rings. The van der Waals surface area contributed by atoms with Gasteiger partial charge in [-0.1, -0.05) is 44.9 Å². The van der Waals surface area contributed by atoms with Gasteiger partial charge in [-0.05, 0) is 33.6 Å². The monoisotopic (exact) mass is 367 g/mol. The molecule has 0 heterocycles. The number of unbranched alkanes of at least 4 members (excludes halogenated alkanes) is 8. The van der Waals surface area contributed by atoms with Crippen molar-refractivity contribution in [1.29, 1.82) is 0 Å². The highest BCUT2D eigenvalue weighted by Gasteiger charge is 2.15. The van der Waals surface area contributed by atoms with Crippen molar-refractivity contribution < 1.29 is 18.3 Å². The zero-order valence-corrected chi connectivity index (χ0v) is 16.4. The second-order valence-electron chi connectivity index (χ2n) is 6.90. The van der Waals surface area contributed by atoms with Crippen molar-refractivity contribution in [2.45, 2.75) is 84.2 Å². The molecule has 23 heavy (non-hydrogen) atoms. The molecule has 0 aromatic carbocycles. The van der Waals surface area contributed by atoms with E-state index < -0.39 is 14.4 Å². The molecule has 0 saturated carbocycles.